The third-order valence-electron chi connectivity index (χ3n) is 12.9. The molecule has 0 unspecified atom stereocenters. The Kier molecular flexibility index (Phi) is 10.9. The van der Waals surface area contributed by atoms with Gasteiger partial charge >= 0.3 is 19.3 Å². The Labute approximate surface area is 320 Å². The maximum atomic E-state index is 14.5. The van der Waals surface area contributed by atoms with Gasteiger partial charge in [0.05, 0.1) is 24.2 Å². The number of carbonyl (C=O) groups is 4. The van der Waals surface area contributed by atoms with Crippen LogP contribution in [0.5, 0.6) is 0 Å². The Morgan fingerprint density at radius 2 is 1.72 bits per heavy atom. The number of benzene rings is 1. The molecule has 54 heavy (non-hydrogen) atoms. The Morgan fingerprint density at radius 3 is 2.43 bits per heavy atom. The van der Waals surface area contributed by atoms with Crippen LogP contribution in [0.1, 0.15) is 117 Å². The lowest BCUT2D eigenvalue weighted by atomic mass is 9.45. The van der Waals surface area contributed by atoms with Gasteiger partial charge in [-0.1, -0.05) is 69.5 Å². The van der Waals surface area contributed by atoms with Crippen LogP contribution in [-0.4, -0.2) is 88.9 Å². The molecule has 8 rings (SSSR count). The van der Waals surface area contributed by atoms with E-state index >= 15 is 0 Å². The maximum absolute atomic E-state index is 14.5. The van der Waals surface area contributed by atoms with Crippen LogP contribution in [0.3, 0.4) is 0 Å². The predicted octanol–water partition coefficient (Wildman–Crippen LogP) is 6.05. The van der Waals surface area contributed by atoms with E-state index in [1.54, 1.807) is 25.7 Å². The summed E-state index contributed by atoms with van der Waals surface area (Å²) in [4.78, 5) is 58.7. The Morgan fingerprint density at radius 1 is 1.00 bits per heavy atom. The zero-order valence-corrected chi connectivity index (χ0v) is 32.9. The summed E-state index contributed by atoms with van der Waals surface area (Å²) < 4.78 is 25.1. The molecule has 1 aromatic carbocycles. The van der Waals surface area contributed by atoms with Crippen LogP contribution in [0.2, 0.25) is 0 Å². The molecule has 7 aliphatic rings. The quantitative estimate of drug-likeness (QED) is 0.282. The second-order valence-corrected chi connectivity index (χ2v) is 18.3. The molecule has 2 N–H and O–H groups in total. The molecular weight excluding hydrogens is 687 g/mol. The van der Waals surface area contributed by atoms with Crippen LogP contribution in [-0.2, 0) is 41.5 Å². The van der Waals surface area contributed by atoms with Crippen molar-refractivity contribution in [2.75, 3.05) is 6.54 Å². The van der Waals surface area contributed by atoms with E-state index in [0.717, 1.165) is 56.1 Å². The summed E-state index contributed by atoms with van der Waals surface area (Å²) in [5.41, 5.74) is 1.15. The molecule has 4 aliphatic heterocycles. The van der Waals surface area contributed by atoms with Crippen molar-refractivity contribution in [3.05, 3.63) is 47.5 Å². The van der Waals surface area contributed by atoms with E-state index in [4.69, 9.17) is 18.8 Å². The fraction of sp³-hybridized carbons (Fsp3) is 0.707. The van der Waals surface area contributed by atoms with E-state index in [1.165, 1.54) is 4.90 Å². The van der Waals surface area contributed by atoms with E-state index in [9.17, 15) is 19.2 Å². The predicted molar refractivity (Wildman–Crippen MR) is 203 cm³/mol. The van der Waals surface area contributed by atoms with Crippen LogP contribution in [0.25, 0.3) is 0 Å². The molecule has 294 valence electrons. The van der Waals surface area contributed by atoms with E-state index in [1.807, 2.05) is 36.4 Å². The van der Waals surface area contributed by atoms with Gasteiger partial charge in [-0.2, -0.15) is 0 Å². The number of allylic oxidation sites excluding steroid dienone is 1. The van der Waals surface area contributed by atoms with E-state index in [2.05, 4.69) is 31.4 Å². The zero-order valence-electron chi connectivity index (χ0n) is 32.9. The van der Waals surface area contributed by atoms with Gasteiger partial charge in [0.15, 0.2) is 0 Å². The first kappa shape index (κ1) is 38.7. The standard InChI is InChI=1S/C41H59BN4O8/c1-39(2,3)52-37(49)43-31-18-12-10-8-7-9-11-13-19-33(42-53-34-30-20-28(40(30,4)5)22-41(34,6)54-42)44-35(47)32-21-29(25-46(32)36(31)48)51-38(50)45-23-26-16-14-15-17-27(26)24-45/h10,12,14-17,28-34H,7-9,11,13,18-25H2,1-6H3,(H,43,49)(H,44,47)/b12-10+/t28-,29+,30+,31-,32-,33-,34-,41+/m0/s1. The lowest BCUT2D eigenvalue weighted by molar-refractivity contribution is -0.185. The topological polar surface area (TPSA) is 136 Å². The monoisotopic (exact) mass is 746 g/mol. The van der Waals surface area contributed by atoms with Gasteiger partial charge in [-0.3, -0.25) is 14.5 Å². The van der Waals surface area contributed by atoms with Gasteiger partial charge in [-0.15, -0.1) is 0 Å². The summed E-state index contributed by atoms with van der Waals surface area (Å²) in [5.74, 6) is -0.226. The largest absolute Gasteiger partial charge is 0.481 e. The number of alkyl carbamates (subject to hydrolysis) is 1. The molecule has 13 heteroatoms. The molecule has 8 atom stereocenters. The number of amides is 4. The number of ether oxygens (including phenoxy) is 2. The van der Waals surface area contributed by atoms with Crippen molar-refractivity contribution in [3.63, 3.8) is 0 Å². The minimum atomic E-state index is -0.989. The number of hydrogen-bond donors (Lipinski definition) is 2. The maximum Gasteiger partial charge on any atom is 0.481 e. The van der Waals surface area contributed by atoms with Gasteiger partial charge in [0.2, 0.25) is 11.8 Å². The van der Waals surface area contributed by atoms with Gasteiger partial charge in [0.25, 0.3) is 0 Å². The summed E-state index contributed by atoms with van der Waals surface area (Å²) in [6.45, 7) is 13.0. The fourth-order valence-electron chi connectivity index (χ4n) is 9.73. The van der Waals surface area contributed by atoms with Crippen LogP contribution in [0.15, 0.2) is 36.4 Å². The summed E-state index contributed by atoms with van der Waals surface area (Å²) in [5, 5.41) is 6.05. The summed E-state index contributed by atoms with van der Waals surface area (Å²) in [6, 6.07) is 5.96. The molecule has 0 aromatic heterocycles. The molecular formula is C41H59BN4O8. The Bertz CT molecular complexity index is 1600. The van der Waals surface area contributed by atoms with Gasteiger partial charge < -0.3 is 34.3 Å². The molecule has 3 aliphatic carbocycles. The molecule has 0 spiro atoms. The van der Waals surface area contributed by atoms with E-state index in [-0.39, 0.29) is 36.8 Å². The fourth-order valence-corrected chi connectivity index (χ4v) is 9.73. The zero-order chi connectivity index (χ0) is 38.4. The summed E-state index contributed by atoms with van der Waals surface area (Å²) in [7, 11) is -0.613. The Balaban J connectivity index is 1.12. The highest BCUT2D eigenvalue weighted by molar-refractivity contribution is 6.48. The van der Waals surface area contributed by atoms with Crippen molar-refractivity contribution in [1.29, 1.82) is 0 Å². The molecule has 2 bridgehead atoms. The Hall–Kier alpha value is -3.58. The molecule has 12 nitrogen and oxygen atoms in total. The van der Waals surface area contributed by atoms with Crippen molar-refractivity contribution in [2.24, 2.45) is 17.3 Å². The second kappa shape index (κ2) is 15.2. The molecule has 3 saturated carbocycles. The van der Waals surface area contributed by atoms with Crippen molar-refractivity contribution in [1.82, 2.24) is 20.4 Å². The van der Waals surface area contributed by atoms with Crippen LogP contribution in [0.4, 0.5) is 9.59 Å². The van der Waals surface area contributed by atoms with Crippen molar-refractivity contribution >= 4 is 31.1 Å². The highest BCUT2D eigenvalue weighted by atomic mass is 16.7. The number of nitrogens with zero attached hydrogens (tertiary/aromatic N) is 2. The highest BCUT2D eigenvalue weighted by Crippen LogP contribution is 2.64. The smallest absolute Gasteiger partial charge is 0.444 e. The second-order valence-electron chi connectivity index (χ2n) is 18.3. The first-order chi connectivity index (χ1) is 25.6. The number of nitrogens with one attached hydrogen (secondary N) is 2. The number of fused-ring (bicyclic) bond motifs is 2. The van der Waals surface area contributed by atoms with E-state index in [0.29, 0.717) is 31.3 Å². The SMILES string of the molecule is CC(C)(C)OC(=O)N[C@H]1C/C=C/CCCCCC[C@@H](B2O[C@H]3[C@H]4C[C@@H](C[C@@]3(C)O2)C4(C)C)NC(=O)[C@@H]2C[C@@H](OC(=O)N3Cc4ccccc4C3)CN2C1=O. The van der Waals surface area contributed by atoms with Crippen LogP contribution in [0, 0.1) is 17.3 Å². The first-order valence-corrected chi connectivity index (χ1v) is 20.2. The molecule has 4 amide bonds. The van der Waals surface area contributed by atoms with Gasteiger partial charge in [-0.05, 0) is 94.6 Å². The number of hydrogen-bond acceptors (Lipinski definition) is 8. The average molecular weight is 747 g/mol. The summed E-state index contributed by atoms with van der Waals surface area (Å²) in [6.07, 6.45) is 9.83. The van der Waals surface area contributed by atoms with E-state index < -0.39 is 60.5 Å². The molecule has 5 fully saturated rings. The molecule has 4 heterocycles. The minimum Gasteiger partial charge on any atom is -0.444 e. The lowest BCUT2D eigenvalue weighted by Crippen LogP contribution is -2.63. The van der Waals surface area contributed by atoms with Crippen molar-refractivity contribution < 1.29 is 38.0 Å². The minimum absolute atomic E-state index is 0.0129. The average Bonchev–Trinajstić information content (AvgIpc) is 3.83. The number of rotatable bonds is 3. The molecule has 2 saturated heterocycles. The third kappa shape index (κ3) is 8.04. The summed E-state index contributed by atoms with van der Waals surface area (Å²) >= 11 is 0. The van der Waals surface area contributed by atoms with Gasteiger partial charge in [0.1, 0.15) is 23.8 Å². The van der Waals surface area contributed by atoms with Gasteiger partial charge in [0, 0.05) is 19.5 Å². The van der Waals surface area contributed by atoms with Crippen LogP contribution >= 0.6 is 0 Å². The van der Waals surface area contributed by atoms with Crippen molar-refractivity contribution in [2.45, 2.75) is 160 Å². The normalized spacial score (nSPS) is 34.6. The third-order valence-corrected chi connectivity index (χ3v) is 12.9. The van der Waals surface area contributed by atoms with Gasteiger partial charge in [-0.25, -0.2) is 9.59 Å². The first-order valence-electron chi connectivity index (χ1n) is 20.2. The molecule has 1 aromatic rings. The van der Waals surface area contributed by atoms with Crippen LogP contribution < -0.4 is 10.6 Å². The molecule has 0 radical (unpaired) electrons. The number of carbonyl (C=O) groups excluding carboxylic acids is 4. The lowest BCUT2D eigenvalue weighted by Gasteiger charge is -2.63. The van der Waals surface area contributed by atoms with Crippen molar-refractivity contribution in [3.8, 4) is 0 Å². The highest BCUT2D eigenvalue weighted by Gasteiger charge is 2.67.